The van der Waals surface area contributed by atoms with Crippen molar-refractivity contribution in [3.63, 3.8) is 0 Å². The van der Waals surface area contributed by atoms with E-state index in [9.17, 15) is 22.8 Å². The van der Waals surface area contributed by atoms with Gasteiger partial charge in [0.1, 0.15) is 11.9 Å². The van der Waals surface area contributed by atoms with Crippen molar-refractivity contribution in [3.8, 4) is 11.4 Å². The van der Waals surface area contributed by atoms with Crippen LogP contribution in [-0.4, -0.2) is 41.3 Å². The lowest BCUT2D eigenvalue weighted by atomic mass is 10.1. The Labute approximate surface area is 190 Å². The number of benzene rings is 2. The second-order valence-corrected chi connectivity index (χ2v) is 10.4. The van der Waals surface area contributed by atoms with Crippen LogP contribution < -0.4 is 16.4 Å². The van der Waals surface area contributed by atoms with Crippen LogP contribution in [0.25, 0.3) is 22.3 Å². The fourth-order valence-electron chi connectivity index (χ4n) is 4.00. The van der Waals surface area contributed by atoms with E-state index < -0.39 is 27.7 Å². The topological polar surface area (TPSA) is 127 Å². The minimum Gasteiger partial charge on any atom is -0.280 e. The molecule has 0 unspecified atom stereocenters. The zero-order valence-corrected chi connectivity index (χ0v) is 18.8. The standard InChI is InChI=1S/C23H24N4O5S/c1-15(22(29)26-25-20(28)13-16-11-12-33(31,32)14-16)27-21(17-7-3-2-4-8-17)24-19-10-6-5-9-18(19)23(27)30/h2-10,15-16H,11-14H2,1H3,(H,25,28)(H,26,29)/t15-,16-/m0/s1. The molecule has 1 aliphatic heterocycles. The first kappa shape index (κ1) is 22.7. The molecule has 2 atom stereocenters. The molecule has 0 radical (unpaired) electrons. The Kier molecular flexibility index (Phi) is 6.28. The van der Waals surface area contributed by atoms with Gasteiger partial charge in [0.2, 0.25) is 5.91 Å². The average Bonchev–Trinajstić information content (AvgIpc) is 3.15. The van der Waals surface area contributed by atoms with Gasteiger partial charge >= 0.3 is 0 Å². The summed E-state index contributed by atoms with van der Waals surface area (Å²) in [7, 11) is -3.09. The van der Waals surface area contributed by atoms with Gasteiger partial charge < -0.3 is 0 Å². The number of carbonyl (C=O) groups is 2. The van der Waals surface area contributed by atoms with Gasteiger partial charge in [0.05, 0.1) is 22.4 Å². The highest BCUT2D eigenvalue weighted by molar-refractivity contribution is 7.91. The summed E-state index contributed by atoms with van der Waals surface area (Å²) in [6.07, 6.45) is 0.430. The Bertz CT molecular complexity index is 1370. The van der Waals surface area contributed by atoms with Crippen LogP contribution in [0.3, 0.4) is 0 Å². The van der Waals surface area contributed by atoms with E-state index in [2.05, 4.69) is 15.8 Å². The Morgan fingerprint density at radius 2 is 1.79 bits per heavy atom. The van der Waals surface area contributed by atoms with Crippen molar-refractivity contribution in [1.82, 2.24) is 20.4 Å². The summed E-state index contributed by atoms with van der Waals surface area (Å²) in [5.41, 5.74) is 5.51. The van der Waals surface area contributed by atoms with E-state index in [1.807, 2.05) is 18.2 Å². The third-order valence-electron chi connectivity index (χ3n) is 5.73. The maximum Gasteiger partial charge on any atom is 0.262 e. The molecule has 33 heavy (non-hydrogen) atoms. The van der Waals surface area contributed by atoms with Crippen molar-refractivity contribution in [2.45, 2.75) is 25.8 Å². The third kappa shape index (κ3) is 4.95. The van der Waals surface area contributed by atoms with Crippen LogP contribution in [0.2, 0.25) is 0 Å². The molecule has 2 heterocycles. The number of aromatic nitrogens is 2. The molecule has 0 spiro atoms. The van der Waals surface area contributed by atoms with Gasteiger partial charge in [0, 0.05) is 12.0 Å². The molecular weight excluding hydrogens is 444 g/mol. The molecule has 2 amide bonds. The number of hydrazine groups is 1. The molecule has 0 aliphatic carbocycles. The number of hydrogen-bond acceptors (Lipinski definition) is 6. The zero-order valence-electron chi connectivity index (χ0n) is 18.0. The number of amides is 2. The van der Waals surface area contributed by atoms with Gasteiger partial charge in [-0.05, 0) is 31.4 Å². The molecular formula is C23H24N4O5S. The lowest BCUT2D eigenvalue weighted by Gasteiger charge is -2.20. The minimum atomic E-state index is -3.09. The smallest absolute Gasteiger partial charge is 0.262 e. The van der Waals surface area contributed by atoms with Gasteiger partial charge in [-0.1, -0.05) is 42.5 Å². The van der Waals surface area contributed by atoms with E-state index in [1.165, 1.54) is 4.57 Å². The zero-order chi connectivity index (χ0) is 23.6. The van der Waals surface area contributed by atoms with E-state index in [1.54, 1.807) is 43.3 Å². The molecule has 10 heteroatoms. The first-order chi connectivity index (χ1) is 15.7. The first-order valence-corrected chi connectivity index (χ1v) is 12.4. The van der Waals surface area contributed by atoms with Crippen LogP contribution in [-0.2, 0) is 19.4 Å². The number of carbonyl (C=O) groups excluding carboxylic acids is 2. The van der Waals surface area contributed by atoms with E-state index in [-0.39, 0.29) is 29.4 Å². The number of para-hydroxylation sites is 1. The lowest BCUT2D eigenvalue weighted by molar-refractivity contribution is -0.130. The summed E-state index contributed by atoms with van der Waals surface area (Å²) >= 11 is 0. The summed E-state index contributed by atoms with van der Waals surface area (Å²) in [5, 5.41) is 0.378. The SMILES string of the molecule is C[C@@H](C(=O)NNC(=O)C[C@@H]1CCS(=O)(=O)C1)n1c(-c2ccccc2)nc2ccccc2c1=O. The highest BCUT2D eigenvalue weighted by Gasteiger charge is 2.30. The summed E-state index contributed by atoms with van der Waals surface area (Å²) in [6.45, 7) is 1.55. The van der Waals surface area contributed by atoms with Crippen molar-refractivity contribution >= 4 is 32.6 Å². The van der Waals surface area contributed by atoms with Gasteiger partial charge in [0.15, 0.2) is 9.84 Å². The number of nitrogens with zero attached hydrogens (tertiary/aromatic N) is 2. The first-order valence-electron chi connectivity index (χ1n) is 10.6. The fourth-order valence-corrected chi connectivity index (χ4v) is 5.86. The number of fused-ring (bicyclic) bond motifs is 1. The van der Waals surface area contributed by atoms with Crippen LogP contribution in [0.1, 0.15) is 25.8 Å². The van der Waals surface area contributed by atoms with Crippen molar-refractivity contribution in [3.05, 3.63) is 65.0 Å². The van der Waals surface area contributed by atoms with Crippen LogP contribution in [0, 0.1) is 5.92 Å². The molecule has 4 rings (SSSR count). The molecule has 1 saturated heterocycles. The minimum absolute atomic E-state index is 0.000630. The average molecular weight is 469 g/mol. The van der Waals surface area contributed by atoms with Crippen molar-refractivity contribution < 1.29 is 18.0 Å². The molecule has 1 fully saturated rings. The molecule has 172 valence electrons. The predicted octanol–water partition coefficient (Wildman–Crippen LogP) is 1.60. The molecule has 2 N–H and O–H groups in total. The van der Waals surface area contributed by atoms with Crippen LogP contribution in [0.15, 0.2) is 59.4 Å². The van der Waals surface area contributed by atoms with Gasteiger partial charge in [-0.2, -0.15) is 0 Å². The molecule has 2 aromatic carbocycles. The Morgan fingerprint density at radius 1 is 1.09 bits per heavy atom. The quantitative estimate of drug-likeness (QED) is 0.548. The predicted molar refractivity (Wildman–Crippen MR) is 124 cm³/mol. The van der Waals surface area contributed by atoms with Crippen LogP contribution in [0.4, 0.5) is 0 Å². The van der Waals surface area contributed by atoms with Gasteiger partial charge in [-0.25, -0.2) is 13.4 Å². The highest BCUT2D eigenvalue weighted by atomic mass is 32.2. The van der Waals surface area contributed by atoms with Crippen molar-refractivity contribution in [1.29, 1.82) is 0 Å². The second kappa shape index (κ2) is 9.14. The number of nitrogens with one attached hydrogen (secondary N) is 2. The van der Waals surface area contributed by atoms with Crippen molar-refractivity contribution in [2.24, 2.45) is 5.92 Å². The molecule has 9 nitrogen and oxygen atoms in total. The van der Waals surface area contributed by atoms with Crippen molar-refractivity contribution in [2.75, 3.05) is 11.5 Å². The largest absolute Gasteiger partial charge is 0.280 e. The molecule has 1 aliphatic rings. The van der Waals surface area contributed by atoms with E-state index >= 15 is 0 Å². The van der Waals surface area contributed by atoms with E-state index in [0.29, 0.717) is 28.7 Å². The van der Waals surface area contributed by atoms with E-state index in [4.69, 9.17) is 0 Å². The summed E-state index contributed by atoms with van der Waals surface area (Å²) in [6, 6.07) is 15.0. The monoisotopic (exact) mass is 468 g/mol. The Balaban J connectivity index is 1.56. The molecule has 3 aromatic rings. The summed E-state index contributed by atoms with van der Waals surface area (Å²) in [5.74, 6) is -0.952. The normalized spacial score (nSPS) is 18.0. The maximum atomic E-state index is 13.3. The van der Waals surface area contributed by atoms with Gasteiger partial charge in [-0.3, -0.25) is 29.8 Å². The molecule has 0 saturated carbocycles. The lowest BCUT2D eigenvalue weighted by Crippen LogP contribution is -2.46. The summed E-state index contributed by atoms with van der Waals surface area (Å²) in [4.78, 5) is 43.0. The Hall–Kier alpha value is -3.53. The Morgan fingerprint density at radius 3 is 2.48 bits per heavy atom. The summed E-state index contributed by atoms with van der Waals surface area (Å²) < 4.78 is 24.4. The maximum absolute atomic E-state index is 13.3. The number of sulfone groups is 1. The number of rotatable bonds is 5. The van der Waals surface area contributed by atoms with Gasteiger partial charge in [0.25, 0.3) is 11.5 Å². The van der Waals surface area contributed by atoms with E-state index in [0.717, 1.165) is 0 Å². The number of hydrogen-bond donors (Lipinski definition) is 2. The fraction of sp³-hybridized carbons (Fsp3) is 0.304. The molecule has 0 bridgehead atoms. The van der Waals surface area contributed by atoms with Gasteiger partial charge in [-0.15, -0.1) is 0 Å². The van der Waals surface area contributed by atoms with Crippen LogP contribution in [0.5, 0.6) is 0 Å². The second-order valence-electron chi connectivity index (χ2n) is 8.18. The molecule has 1 aromatic heterocycles. The van der Waals surface area contributed by atoms with Crippen LogP contribution >= 0.6 is 0 Å². The third-order valence-corrected chi connectivity index (χ3v) is 7.57. The highest BCUT2D eigenvalue weighted by Crippen LogP contribution is 2.23.